The molecule has 0 aliphatic heterocycles. The SMILES string of the molecule is C=CCNP(=S)(NCC=C)c1ccccc1. The smallest absolute Gasteiger partial charge is 0.102 e. The van der Waals surface area contributed by atoms with Crippen LogP contribution < -0.4 is 15.5 Å². The van der Waals surface area contributed by atoms with Crippen molar-refractivity contribution < 1.29 is 0 Å². The Morgan fingerprint density at radius 1 is 1.06 bits per heavy atom. The zero-order valence-corrected chi connectivity index (χ0v) is 10.9. The standard InChI is InChI=1S/C12H17N2PS/c1-3-10-13-15(16,14-11-4-2)12-8-6-5-7-9-12/h3-9H,1-2,10-11H2,(H2,13,14,16). The first kappa shape index (κ1) is 13.3. The van der Waals surface area contributed by atoms with Crippen molar-refractivity contribution in [1.29, 1.82) is 0 Å². The molecule has 1 aromatic carbocycles. The fourth-order valence-electron chi connectivity index (χ4n) is 1.26. The third-order valence-electron chi connectivity index (χ3n) is 2.04. The molecular weight excluding hydrogens is 235 g/mol. The molecule has 1 aromatic rings. The molecule has 0 aliphatic carbocycles. The molecular formula is C12H17N2PS. The minimum atomic E-state index is -1.91. The van der Waals surface area contributed by atoms with Gasteiger partial charge in [-0.25, -0.2) is 0 Å². The van der Waals surface area contributed by atoms with Crippen LogP contribution in [0.4, 0.5) is 0 Å². The van der Waals surface area contributed by atoms with Crippen molar-refractivity contribution in [2.45, 2.75) is 0 Å². The van der Waals surface area contributed by atoms with E-state index in [1.165, 1.54) is 0 Å². The van der Waals surface area contributed by atoms with Crippen molar-refractivity contribution in [2.75, 3.05) is 13.1 Å². The van der Waals surface area contributed by atoms with Crippen LogP contribution in [-0.4, -0.2) is 13.1 Å². The van der Waals surface area contributed by atoms with Gasteiger partial charge < -0.3 is 0 Å². The van der Waals surface area contributed by atoms with Crippen LogP contribution in [0, 0.1) is 0 Å². The molecule has 0 radical (unpaired) electrons. The molecule has 86 valence electrons. The lowest BCUT2D eigenvalue weighted by atomic mass is 10.4. The molecule has 1 rings (SSSR count). The molecule has 16 heavy (non-hydrogen) atoms. The summed E-state index contributed by atoms with van der Waals surface area (Å²) in [4.78, 5) is 0. The molecule has 0 saturated heterocycles. The van der Waals surface area contributed by atoms with Crippen molar-refractivity contribution in [3.8, 4) is 0 Å². The number of benzene rings is 1. The van der Waals surface area contributed by atoms with E-state index in [0.717, 1.165) is 5.30 Å². The summed E-state index contributed by atoms with van der Waals surface area (Å²) in [5.41, 5.74) is 0. The third-order valence-corrected chi connectivity index (χ3v) is 5.72. The van der Waals surface area contributed by atoms with E-state index in [9.17, 15) is 0 Å². The van der Waals surface area contributed by atoms with Crippen molar-refractivity contribution in [1.82, 2.24) is 10.2 Å². The summed E-state index contributed by atoms with van der Waals surface area (Å²) in [6.45, 7) is 8.81. The van der Waals surface area contributed by atoms with E-state index in [1.54, 1.807) is 0 Å². The lowest BCUT2D eigenvalue weighted by molar-refractivity contribution is 1.03. The van der Waals surface area contributed by atoms with Crippen LogP contribution in [0.15, 0.2) is 55.6 Å². The van der Waals surface area contributed by atoms with Crippen molar-refractivity contribution >= 4 is 23.5 Å². The number of hydrogen-bond acceptors (Lipinski definition) is 1. The lowest BCUT2D eigenvalue weighted by Crippen LogP contribution is -2.29. The first-order chi connectivity index (χ1) is 7.73. The summed E-state index contributed by atoms with van der Waals surface area (Å²) in [5.74, 6) is 0. The highest BCUT2D eigenvalue weighted by molar-refractivity contribution is 8.16. The molecule has 2 N–H and O–H groups in total. The van der Waals surface area contributed by atoms with Gasteiger partial charge in [0.1, 0.15) is 6.34 Å². The van der Waals surface area contributed by atoms with Crippen LogP contribution in [0.3, 0.4) is 0 Å². The van der Waals surface area contributed by atoms with Gasteiger partial charge in [0.15, 0.2) is 0 Å². The third kappa shape index (κ3) is 3.69. The fourth-order valence-corrected chi connectivity index (χ4v) is 3.92. The Morgan fingerprint density at radius 2 is 1.56 bits per heavy atom. The first-order valence-electron chi connectivity index (χ1n) is 5.10. The van der Waals surface area contributed by atoms with Crippen LogP contribution in [0.5, 0.6) is 0 Å². The Hall–Kier alpha value is -0.730. The largest absolute Gasteiger partial charge is 0.270 e. The molecule has 0 spiro atoms. The Kier molecular flexibility index (Phi) is 5.64. The molecule has 0 saturated carbocycles. The molecule has 0 fully saturated rings. The van der Waals surface area contributed by atoms with Gasteiger partial charge in [0.25, 0.3) is 0 Å². The van der Waals surface area contributed by atoms with Crippen LogP contribution >= 0.6 is 6.34 Å². The zero-order valence-electron chi connectivity index (χ0n) is 9.23. The maximum absolute atomic E-state index is 5.69. The van der Waals surface area contributed by atoms with Gasteiger partial charge in [0.2, 0.25) is 0 Å². The van der Waals surface area contributed by atoms with Crippen LogP contribution in [0.1, 0.15) is 0 Å². The van der Waals surface area contributed by atoms with Gasteiger partial charge in [0.05, 0.1) is 0 Å². The first-order valence-corrected chi connectivity index (χ1v) is 7.91. The van der Waals surface area contributed by atoms with E-state index >= 15 is 0 Å². The second kappa shape index (κ2) is 6.77. The van der Waals surface area contributed by atoms with Crippen molar-refractivity contribution in [3.05, 3.63) is 55.6 Å². The van der Waals surface area contributed by atoms with E-state index in [-0.39, 0.29) is 0 Å². The highest BCUT2D eigenvalue weighted by atomic mass is 32.4. The summed E-state index contributed by atoms with van der Waals surface area (Å²) in [5, 5.41) is 7.82. The number of nitrogens with one attached hydrogen (secondary N) is 2. The Morgan fingerprint density at radius 3 is 2.00 bits per heavy atom. The van der Waals surface area contributed by atoms with Crippen LogP contribution in [0.25, 0.3) is 0 Å². The maximum atomic E-state index is 5.69. The van der Waals surface area contributed by atoms with Gasteiger partial charge in [-0.05, 0) is 0 Å². The van der Waals surface area contributed by atoms with Gasteiger partial charge in [-0.15, -0.1) is 13.2 Å². The van der Waals surface area contributed by atoms with Gasteiger partial charge in [-0.2, -0.15) is 0 Å². The molecule has 0 unspecified atom stereocenters. The number of hydrogen-bond donors (Lipinski definition) is 2. The highest BCUT2D eigenvalue weighted by Crippen LogP contribution is 2.34. The summed E-state index contributed by atoms with van der Waals surface area (Å²) >= 11 is 5.69. The average Bonchev–Trinajstić information content (AvgIpc) is 2.35. The summed E-state index contributed by atoms with van der Waals surface area (Å²) < 4.78 is 0. The van der Waals surface area contributed by atoms with Crippen molar-refractivity contribution in [2.24, 2.45) is 0 Å². The Balaban J connectivity index is 2.89. The van der Waals surface area contributed by atoms with E-state index in [4.69, 9.17) is 11.8 Å². The monoisotopic (exact) mass is 252 g/mol. The average molecular weight is 252 g/mol. The van der Waals surface area contributed by atoms with E-state index in [2.05, 4.69) is 23.3 Å². The van der Waals surface area contributed by atoms with Crippen molar-refractivity contribution in [3.63, 3.8) is 0 Å². The minimum absolute atomic E-state index is 0.705. The molecule has 0 atom stereocenters. The molecule has 0 bridgehead atoms. The lowest BCUT2D eigenvalue weighted by Gasteiger charge is -2.24. The van der Waals surface area contributed by atoms with Gasteiger partial charge >= 0.3 is 0 Å². The molecule has 0 amide bonds. The van der Waals surface area contributed by atoms with E-state index in [1.807, 2.05) is 42.5 Å². The minimum Gasteiger partial charge on any atom is -0.270 e. The van der Waals surface area contributed by atoms with Gasteiger partial charge in [0, 0.05) is 18.4 Å². The topological polar surface area (TPSA) is 24.1 Å². The predicted octanol–water partition coefficient (Wildman–Crippen LogP) is 2.17. The normalized spacial score (nSPS) is 11.0. The summed E-state index contributed by atoms with van der Waals surface area (Å²) in [6.07, 6.45) is 1.72. The number of rotatable bonds is 7. The second-order valence-electron chi connectivity index (χ2n) is 3.25. The Bertz CT molecular complexity index is 373. The molecule has 0 aromatic heterocycles. The fraction of sp³-hybridized carbons (Fsp3) is 0.167. The molecule has 4 heteroatoms. The van der Waals surface area contributed by atoms with Gasteiger partial charge in [-0.1, -0.05) is 54.3 Å². The Labute approximate surface area is 103 Å². The zero-order chi connectivity index (χ0) is 11.9. The molecule has 0 heterocycles. The van der Waals surface area contributed by atoms with E-state index < -0.39 is 6.34 Å². The van der Waals surface area contributed by atoms with Crippen LogP contribution in [0.2, 0.25) is 0 Å². The molecule has 2 nitrogen and oxygen atoms in total. The van der Waals surface area contributed by atoms with E-state index in [0.29, 0.717) is 13.1 Å². The molecule has 0 aliphatic rings. The quantitative estimate of drug-likeness (QED) is 0.574. The van der Waals surface area contributed by atoms with Gasteiger partial charge in [-0.3, -0.25) is 10.2 Å². The summed E-state index contributed by atoms with van der Waals surface area (Å²) in [7, 11) is 0. The van der Waals surface area contributed by atoms with Crippen LogP contribution in [-0.2, 0) is 11.8 Å². The maximum Gasteiger partial charge on any atom is 0.102 e. The highest BCUT2D eigenvalue weighted by Gasteiger charge is 2.16. The summed E-state index contributed by atoms with van der Waals surface area (Å²) in [6, 6.07) is 10.1. The predicted molar refractivity (Wildman–Crippen MR) is 76.8 cm³/mol. The second-order valence-corrected chi connectivity index (χ2v) is 7.26.